The molecule has 3 rings (SSSR count). The minimum absolute atomic E-state index is 0.00301. The molecule has 1 aliphatic heterocycles. The minimum atomic E-state index is 0.00301. The summed E-state index contributed by atoms with van der Waals surface area (Å²) < 4.78 is 11.0. The normalized spacial score (nSPS) is 16.4. The first kappa shape index (κ1) is 17.1. The highest BCUT2D eigenvalue weighted by atomic mass is 16.4. The van der Waals surface area contributed by atoms with E-state index in [1.54, 1.807) is 12.1 Å². The van der Waals surface area contributed by atoms with E-state index < -0.39 is 0 Å². The molecule has 1 N–H and O–H groups in total. The summed E-state index contributed by atoms with van der Waals surface area (Å²) >= 11 is 0. The highest BCUT2D eigenvalue weighted by molar-refractivity contribution is 5.79. The van der Waals surface area contributed by atoms with Gasteiger partial charge in [-0.1, -0.05) is 6.92 Å². The van der Waals surface area contributed by atoms with Crippen molar-refractivity contribution in [3.05, 3.63) is 24.1 Å². The van der Waals surface area contributed by atoms with Crippen LogP contribution in [0.5, 0.6) is 0 Å². The lowest BCUT2D eigenvalue weighted by atomic mass is 9.95. The molecule has 7 heteroatoms. The topological polar surface area (TPSA) is 95.3 Å². The summed E-state index contributed by atoms with van der Waals surface area (Å²) in [7, 11) is 0. The van der Waals surface area contributed by atoms with Crippen molar-refractivity contribution in [1.29, 1.82) is 5.26 Å². The van der Waals surface area contributed by atoms with Crippen LogP contribution in [-0.2, 0) is 4.79 Å². The lowest BCUT2D eigenvalue weighted by Crippen LogP contribution is -2.43. The number of nitrogens with one attached hydrogen (secondary N) is 1. The van der Waals surface area contributed by atoms with Crippen molar-refractivity contribution in [3.8, 4) is 17.7 Å². The number of hydrogen-bond donors (Lipinski definition) is 1. The number of carbonyl (C=O) groups is 1. The van der Waals surface area contributed by atoms with Crippen LogP contribution in [0.15, 0.2) is 27.2 Å². The number of piperidine rings is 1. The fraction of sp³-hybridized carbons (Fsp3) is 0.500. The molecule has 0 aliphatic carbocycles. The van der Waals surface area contributed by atoms with Crippen molar-refractivity contribution >= 4 is 11.8 Å². The highest BCUT2D eigenvalue weighted by Crippen LogP contribution is 2.31. The molecule has 0 bridgehead atoms. The molecule has 0 saturated carbocycles. The third-order valence-electron chi connectivity index (χ3n) is 4.60. The molecule has 3 heterocycles. The maximum atomic E-state index is 12.3. The van der Waals surface area contributed by atoms with Crippen LogP contribution in [0.2, 0.25) is 0 Å². The molecule has 0 aromatic carbocycles. The Morgan fingerprint density at radius 1 is 1.52 bits per heavy atom. The van der Waals surface area contributed by atoms with E-state index in [0.717, 1.165) is 19.3 Å². The number of rotatable bonds is 5. The zero-order valence-electron chi connectivity index (χ0n) is 14.5. The van der Waals surface area contributed by atoms with Crippen LogP contribution in [0.25, 0.3) is 11.7 Å². The van der Waals surface area contributed by atoms with Gasteiger partial charge in [0, 0.05) is 25.0 Å². The number of furan rings is 1. The third-order valence-corrected chi connectivity index (χ3v) is 4.60. The molecule has 1 atom stereocenters. The Balaban J connectivity index is 1.67. The van der Waals surface area contributed by atoms with Gasteiger partial charge in [0.25, 0.3) is 5.89 Å². The Bertz CT molecular complexity index is 752. The van der Waals surface area contributed by atoms with Gasteiger partial charge >= 0.3 is 0 Å². The Morgan fingerprint density at radius 3 is 2.88 bits per heavy atom. The van der Waals surface area contributed by atoms with Crippen LogP contribution in [0.3, 0.4) is 0 Å². The highest BCUT2D eigenvalue weighted by Gasteiger charge is 2.29. The van der Waals surface area contributed by atoms with E-state index in [0.29, 0.717) is 30.6 Å². The molecule has 132 valence electrons. The predicted molar refractivity (Wildman–Crippen MR) is 91.8 cm³/mol. The fourth-order valence-corrected chi connectivity index (χ4v) is 2.91. The first-order valence-corrected chi connectivity index (χ1v) is 8.62. The van der Waals surface area contributed by atoms with Crippen molar-refractivity contribution in [1.82, 2.24) is 10.3 Å². The van der Waals surface area contributed by atoms with Crippen LogP contribution in [-0.4, -0.2) is 30.0 Å². The molecular weight excluding hydrogens is 320 g/mol. The first-order valence-electron chi connectivity index (χ1n) is 8.62. The number of hydrogen-bond acceptors (Lipinski definition) is 6. The van der Waals surface area contributed by atoms with Gasteiger partial charge in [-0.05, 0) is 38.3 Å². The lowest BCUT2D eigenvalue weighted by Gasteiger charge is -2.31. The number of amides is 1. The second-order valence-electron chi connectivity index (χ2n) is 6.34. The molecule has 1 fully saturated rings. The average Bonchev–Trinajstić information content (AvgIpc) is 3.30. The molecule has 1 aliphatic rings. The molecule has 1 amide bonds. The van der Waals surface area contributed by atoms with E-state index in [1.165, 1.54) is 6.26 Å². The molecule has 25 heavy (non-hydrogen) atoms. The van der Waals surface area contributed by atoms with Gasteiger partial charge in [0.15, 0.2) is 5.76 Å². The monoisotopic (exact) mass is 342 g/mol. The van der Waals surface area contributed by atoms with Crippen LogP contribution in [0.1, 0.15) is 38.8 Å². The molecule has 0 spiro atoms. The van der Waals surface area contributed by atoms with Gasteiger partial charge in [-0.15, -0.1) is 0 Å². The van der Waals surface area contributed by atoms with E-state index in [9.17, 15) is 10.1 Å². The van der Waals surface area contributed by atoms with E-state index >= 15 is 0 Å². The second kappa shape index (κ2) is 7.43. The fourth-order valence-electron chi connectivity index (χ4n) is 2.91. The predicted octanol–water partition coefficient (Wildman–Crippen LogP) is 2.94. The van der Waals surface area contributed by atoms with Crippen molar-refractivity contribution in [2.75, 3.05) is 18.0 Å². The Labute approximate surface area is 146 Å². The number of nitrogens with zero attached hydrogens (tertiary/aromatic N) is 3. The smallest absolute Gasteiger partial charge is 0.266 e. The van der Waals surface area contributed by atoms with Crippen molar-refractivity contribution < 1.29 is 13.6 Å². The van der Waals surface area contributed by atoms with Crippen LogP contribution in [0.4, 0.5) is 5.88 Å². The van der Waals surface area contributed by atoms with E-state index in [1.807, 2.05) is 11.8 Å². The third kappa shape index (κ3) is 3.68. The molecule has 2 aromatic heterocycles. The molecule has 7 nitrogen and oxygen atoms in total. The van der Waals surface area contributed by atoms with Crippen molar-refractivity contribution in [3.63, 3.8) is 0 Å². The maximum absolute atomic E-state index is 12.3. The summed E-state index contributed by atoms with van der Waals surface area (Å²) in [5.74, 6) is 1.36. The molecular formula is C18H22N4O3. The zero-order chi connectivity index (χ0) is 17.8. The number of oxazole rings is 1. The van der Waals surface area contributed by atoms with E-state index in [-0.39, 0.29) is 23.6 Å². The largest absolute Gasteiger partial charge is 0.459 e. The van der Waals surface area contributed by atoms with Gasteiger partial charge in [-0.3, -0.25) is 4.79 Å². The number of anilines is 1. The molecule has 0 unspecified atom stereocenters. The van der Waals surface area contributed by atoms with Gasteiger partial charge in [0.1, 0.15) is 6.07 Å². The summed E-state index contributed by atoms with van der Waals surface area (Å²) in [5.41, 5.74) is 0.244. The van der Waals surface area contributed by atoms with E-state index in [4.69, 9.17) is 8.83 Å². The minimum Gasteiger partial charge on any atom is -0.459 e. The standard InChI is InChI=1S/C18H22N4O3/c1-3-12(2)20-16(23)13-6-8-22(9-7-13)18-14(11-19)21-17(25-18)15-5-4-10-24-15/h4-5,10,12-13H,3,6-9H2,1-2H3,(H,20,23)/t12-/m0/s1. The molecule has 0 radical (unpaired) electrons. The summed E-state index contributed by atoms with van der Waals surface area (Å²) in [6.07, 6.45) is 3.91. The van der Waals surface area contributed by atoms with Crippen molar-refractivity contribution in [2.24, 2.45) is 5.92 Å². The van der Waals surface area contributed by atoms with Crippen LogP contribution < -0.4 is 10.2 Å². The Hall–Kier alpha value is -2.75. The van der Waals surface area contributed by atoms with Gasteiger partial charge < -0.3 is 19.1 Å². The summed E-state index contributed by atoms with van der Waals surface area (Å²) in [4.78, 5) is 18.4. The summed E-state index contributed by atoms with van der Waals surface area (Å²) in [6, 6.07) is 5.75. The molecule has 1 saturated heterocycles. The SMILES string of the molecule is CC[C@H](C)NC(=O)C1CCN(c2oc(-c3ccco3)nc2C#N)CC1. The van der Waals surface area contributed by atoms with Gasteiger partial charge in [-0.25, -0.2) is 0 Å². The second-order valence-corrected chi connectivity index (χ2v) is 6.34. The van der Waals surface area contributed by atoms with Crippen LogP contribution in [0, 0.1) is 17.2 Å². The molecule has 2 aromatic rings. The Kier molecular flexibility index (Phi) is 5.08. The average molecular weight is 342 g/mol. The number of nitriles is 1. The number of aromatic nitrogens is 1. The van der Waals surface area contributed by atoms with E-state index in [2.05, 4.69) is 23.3 Å². The van der Waals surface area contributed by atoms with Crippen LogP contribution >= 0.6 is 0 Å². The van der Waals surface area contributed by atoms with Gasteiger partial charge in [0.2, 0.25) is 17.5 Å². The maximum Gasteiger partial charge on any atom is 0.266 e. The van der Waals surface area contributed by atoms with Crippen molar-refractivity contribution in [2.45, 2.75) is 39.2 Å². The van der Waals surface area contributed by atoms with Gasteiger partial charge in [0.05, 0.1) is 6.26 Å². The zero-order valence-corrected chi connectivity index (χ0v) is 14.5. The lowest BCUT2D eigenvalue weighted by molar-refractivity contribution is -0.126. The quantitative estimate of drug-likeness (QED) is 0.897. The summed E-state index contributed by atoms with van der Waals surface area (Å²) in [5, 5.41) is 12.4. The summed E-state index contributed by atoms with van der Waals surface area (Å²) in [6.45, 7) is 5.37. The number of carbonyl (C=O) groups excluding carboxylic acids is 1. The Morgan fingerprint density at radius 2 is 2.28 bits per heavy atom. The first-order chi connectivity index (χ1) is 12.1. The van der Waals surface area contributed by atoms with Gasteiger partial charge in [-0.2, -0.15) is 10.2 Å².